The highest BCUT2D eigenvalue weighted by molar-refractivity contribution is 6.67. The fourth-order valence-electron chi connectivity index (χ4n) is 2.66. The fourth-order valence-corrected chi connectivity index (χ4v) is 2.78. The normalized spacial score (nSPS) is 10.7. The largest absolute Gasteiger partial charge is 0.494 e. The van der Waals surface area contributed by atoms with Crippen LogP contribution in [0.5, 0.6) is 5.75 Å². The molecule has 0 unspecified atom stereocenters. The van der Waals surface area contributed by atoms with E-state index in [0.29, 0.717) is 12.2 Å². The Morgan fingerprint density at radius 1 is 0.913 bits per heavy atom. The molecule has 0 N–H and O–H groups in total. The molecule has 1 aromatic carbocycles. The van der Waals surface area contributed by atoms with Crippen LogP contribution < -0.4 is 4.74 Å². The first-order valence-electron chi connectivity index (χ1n) is 9.16. The van der Waals surface area contributed by atoms with Gasteiger partial charge in [0.15, 0.2) is 0 Å². The first-order valence-corrected chi connectivity index (χ1v) is 9.54. The van der Waals surface area contributed by atoms with Gasteiger partial charge in [0.2, 0.25) is 0 Å². The quantitative estimate of drug-likeness (QED) is 0.277. The standard InChI is InChI=1S/C20H31ClO2/c1-2-3-4-5-6-7-8-9-10-11-12-16-23-19-15-13-14-18(17-19)20(21)22/h13-15,17H,2-12,16H2,1H3. The molecule has 0 aliphatic heterocycles. The Hall–Kier alpha value is -1.02. The Labute approximate surface area is 146 Å². The molecule has 0 radical (unpaired) electrons. The second-order valence-corrected chi connectivity index (χ2v) is 6.53. The predicted octanol–water partition coefficient (Wildman–Crippen LogP) is 6.76. The molecule has 0 aliphatic carbocycles. The summed E-state index contributed by atoms with van der Waals surface area (Å²) in [6.07, 6.45) is 14.6. The van der Waals surface area contributed by atoms with E-state index in [0.717, 1.165) is 12.2 Å². The number of rotatable bonds is 14. The van der Waals surface area contributed by atoms with E-state index in [4.69, 9.17) is 16.3 Å². The van der Waals surface area contributed by atoms with Gasteiger partial charge in [-0.25, -0.2) is 0 Å². The van der Waals surface area contributed by atoms with Crippen molar-refractivity contribution in [3.8, 4) is 5.75 Å². The van der Waals surface area contributed by atoms with Gasteiger partial charge in [-0.05, 0) is 36.2 Å². The third-order valence-electron chi connectivity index (χ3n) is 4.08. The summed E-state index contributed by atoms with van der Waals surface area (Å²) in [7, 11) is 0. The van der Waals surface area contributed by atoms with Crippen molar-refractivity contribution < 1.29 is 9.53 Å². The molecule has 130 valence electrons. The topological polar surface area (TPSA) is 26.3 Å². The molecule has 0 saturated carbocycles. The molecule has 0 saturated heterocycles. The summed E-state index contributed by atoms with van der Waals surface area (Å²) < 4.78 is 5.67. The molecular formula is C20H31ClO2. The van der Waals surface area contributed by atoms with E-state index in [9.17, 15) is 4.79 Å². The molecule has 0 atom stereocenters. The molecular weight excluding hydrogens is 308 g/mol. The third kappa shape index (κ3) is 10.4. The molecule has 0 heterocycles. The fraction of sp³-hybridized carbons (Fsp3) is 0.650. The molecule has 3 heteroatoms. The highest BCUT2D eigenvalue weighted by Crippen LogP contribution is 2.16. The lowest BCUT2D eigenvalue weighted by atomic mass is 10.1. The molecule has 0 amide bonds. The number of unbranched alkanes of at least 4 members (excludes halogenated alkanes) is 10. The molecule has 0 bridgehead atoms. The summed E-state index contributed by atoms with van der Waals surface area (Å²) in [5.41, 5.74) is 0.489. The van der Waals surface area contributed by atoms with Gasteiger partial charge in [-0.15, -0.1) is 0 Å². The van der Waals surface area contributed by atoms with Gasteiger partial charge in [-0.3, -0.25) is 4.79 Å². The van der Waals surface area contributed by atoms with Crippen LogP contribution in [-0.4, -0.2) is 11.8 Å². The van der Waals surface area contributed by atoms with Gasteiger partial charge >= 0.3 is 0 Å². The SMILES string of the molecule is CCCCCCCCCCCCCOc1cccc(C(=O)Cl)c1. The van der Waals surface area contributed by atoms with Crippen molar-refractivity contribution in [1.82, 2.24) is 0 Å². The summed E-state index contributed by atoms with van der Waals surface area (Å²) in [5, 5.41) is -0.440. The van der Waals surface area contributed by atoms with Gasteiger partial charge < -0.3 is 4.74 Å². The van der Waals surface area contributed by atoms with E-state index >= 15 is 0 Å². The molecule has 23 heavy (non-hydrogen) atoms. The van der Waals surface area contributed by atoms with Gasteiger partial charge in [0.05, 0.1) is 6.61 Å². The van der Waals surface area contributed by atoms with Gasteiger partial charge in [0, 0.05) is 5.56 Å². The molecule has 1 rings (SSSR count). The molecule has 0 aliphatic rings. The van der Waals surface area contributed by atoms with E-state index in [1.807, 2.05) is 6.07 Å². The molecule has 1 aromatic rings. The van der Waals surface area contributed by atoms with Crippen LogP contribution in [0.3, 0.4) is 0 Å². The Balaban J connectivity index is 1.93. The average molecular weight is 339 g/mol. The van der Waals surface area contributed by atoms with Crippen molar-refractivity contribution in [1.29, 1.82) is 0 Å². The first kappa shape index (κ1) is 20.0. The zero-order valence-electron chi connectivity index (χ0n) is 14.5. The maximum absolute atomic E-state index is 11.1. The lowest BCUT2D eigenvalue weighted by molar-refractivity contribution is 0.108. The van der Waals surface area contributed by atoms with Gasteiger partial charge in [-0.1, -0.05) is 77.2 Å². The van der Waals surface area contributed by atoms with Crippen molar-refractivity contribution in [3.05, 3.63) is 29.8 Å². The van der Waals surface area contributed by atoms with Crippen LogP contribution in [0.1, 0.15) is 87.9 Å². The number of ether oxygens (including phenoxy) is 1. The van der Waals surface area contributed by atoms with Crippen LogP contribution in [0.2, 0.25) is 0 Å². The van der Waals surface area contributed by atoms with Crippen molar-refractivity contribution in [2.45, 2.75) is 77.6 Å². The highest BCUT2D eigenvalue weighted by atomic mass is 35.5. The van der Waals surface area contributed by atoms with Crippen molar-refractivity contribution in [2.75, 3.05) is 6.61 Å². The number of carbonyl (C=O) groups is 1. The van der Waals surface area contributed by atoms with Crippen molar-refractivity contribution in [2.24, 2.45) is 0 Å². The summed E-state index contributed by atoms with van der Waals surface area (Å²) in [6.45, 7) is 2.97. The number of hydrogen-bond donors (Lipinski definition) is 0. The smallest absolute Gasteiger partial charge is 0.252 e. The minimum atomic E-state index is -0.440. The summed E-state index contributed by atoms with van der Waals surface area (Å²) >= 11 is 5.46. The number of carbonyl (C=O) groups excluding carboxylic acids is 1. The van der Waals surface area contributed by atoms with Crippen molar-refractivity contribution >= 4 is 16.8 Å². The van der Waals surface area contributed by atoms with Gasteiger partial charge in [-0.2, -0.15) is 0 Å². The van der Waals surface area contributed by atoms with Gasteiger partial charge in [0.25, 0.3) is 5.24 Å². The van der Waals surface area contributed by atoms with Crippen LogP contribution in [0.25, 0.3) is 0 Å². The third-order valence-corrected chi connectivity index (χ3v) is 4.30. The predicted molar refractivity (Wildman–Crippen MR) is 98.6 cm³/mol. The van der Waals surface area contributed by atoms with Crippen LogP contribution in [0.15, 0.2) is 24.3 Å². The molecule has 0 aromatic heterocycles. The lowest BCUT2D eigenvalue weighted by Crippen LogP contribution is -1.98. The van der Waals surface area contributed by atoms with Gasteiger partial charge in [0.1, 0.15) is 5.75 Å². The molecule has 0 spiro atoms. The number of hydrogen-bond acceptors (Lipinski definition) is 2. The Kier molecular flexibility index (Phi) is 11.7. The van der Waals surface area contributed by atoms with Crippen molar-refractivity contribution in [3.63, 3.8) is 0 Å². The lowest BCUT2D eigenvalue weighted by Gasteiger charge is -2.07. The Bertz CT molecular complexity index is 431. The number of halogens is 1. The second kappa shape index (κ2) is 13.4. The van der Waals surface area contributed by atoms with Crippen LogP contribution in [0.4, 0.5) is 0 Å². The van der Waals surface area contributed by atoms with E-state index in [2.05, 4.69) is 6.92 Å². The summed E-state index contributed by atoms with van der Waals surface area (Å²) in [6, 6.07) is 7.06. The first-order chi connectivity index (χ1) is 11.2. The maximum atomic E-state index is 11.1. The van der Waals surface area contributed by atoms with Crippen LogP contribution in [0, 0.1) is 0 Å². The highest BCUT2D eigenvalue weighted by Gasteiger charge is 2.02. The van der Waals surface area contributed by atoms with Crippen LogP contribution >= 0.6 is 11.6 Å². The minimum absolute atomic E-state index is 0.440. The molecule has 0 fully saturated rings. The second-order valence-electron chi connectivity index (χ2n) is 6.19. The van der Waals surface area contributed by atoms with E-state index in [-0.39, 0.29) is 0 Å². The average Bonchev–Trinajstić information content (AvgIpc) is 2.56. The van der Waals surface area contributed by atoms with E-state index in [1.54, 1.807) is 18.2 Å². The Morgan fingerprint density at radius 3 is 2.04 bits per heavy atom. The summed E-state index contributed by atoms with van der Waals surface area (Å²) in [4.78, 5) is 11.1. The minimum Gasteiger partial charge on any atom is -0.494 e. The number of benzene rings is 1. The monoisotopic (exact) mass is 338 g/mol. The van der Waals surface area contributed by atoms with E-state index < -0.39 is 5.24 Å². The van der Waals surface area contributed by atoms with Crippen LogP contribution in [-0.2, 0) is 0 Å². The zero-order chi connectivity index (χ0) is 16.8. The van der Waals surface area contributed by atoms with E-state index in [1.165, 1.54) is 64.2 Å². The maximum Gasteiger partial charge on any atom is 0.252 e. The zero-order valence-corrected chi connectivity index (χ0v) is 15.2. The Morgan fingerprint density at radius 2 is 1.48 bits per heavy atom. The summed E-state index contributed by atoms with van der Waals surface area (Å²) in [5.74, 6) is 0.726. The molecule has 2 nitrogen and oxygen atoms in total.